The normalized spacial score (nSPS) is 9.94. The van der Waals surface area contributed by atoms with Crippen LogP contribution in [0.2, 0.25) is 0 Å². The highest BCUT2D eigenvalue weighted by molar-refractivity contribution is 5.84. The van der Waals surface area contributed by atoms with Crippen molar-refractivity contribution in [3.63, 3.8) is 0 Å². The van der Waals surface area contributed by atoms with Gasteiger partial charge in [-0.15, -0.1) is 0 Å². The minimum absolute atomic E-state index is 0.000406. The molecule has 0 heterocycles. The number of rotatable bonds is 2. The topological polar surface area (TPSA) is 64.4 Å². The lowest BCUT2D eigenvalue weighted by molar-refractivity contribution is 0.628. The summed E-state index contributed by atoms with van der Waals surface area (Å²) in [5.41, 5.74) is 13.1. The van der Waals surface area contributed by atoms with Gasteiger partial charge in [0.1, 0.15) is 5.82 Å². The lowest BCUT2D eigenvalue weighted by Crippen LogP contribution is -2.21. The van der Waals surface area contributed by atoms with Crippen molar-refractivity contribution >= 4 is 11.6 Å². The Hall–Kier alpha value is -2.36. The summed E-state index contributed by atoms with van der Waals surface area (Å²) in [6.45, 7) is 0. The van der Waals surface area contributed by atoms with E-state index in [1.54, 1.807) is 18.2 Å². The van der Waals surface area contributed by atoms with Crippen molar-refractivity contribution in [3.05, 3.63) is 54.3 Å². The predicted molar refractivity (Wildman–Crippen MR) is 67.3 cm³/mol. The number of hydrogen-bond acceptors (Lipinski definition) is 1. The monoisotopic (exact) mass is 229 g/mol. The Morgan fingerprint density at radius 2 is 1.59 bits per heavy atom. The molecule has 86 valence electrons. The standard InChI is InChI=1S/C13H12FN3/c14-10-7-5-9(6-8-10)11-3-1-2-4-12(11)17-13(15)16/h1-8H,(H4,15,16,17). The first kappa shape index (κ1) is 11.1. The van der Waals surface area contributed by atoms with Gasteiger partial charge in [-0.1, -0.05) is 30.3 Å². The average Bonchev–Trinajstić information content (AvgIpc) is 2.30. The molecule has 0 aromatic heterocycles. The van der Waals surface area contributed by atoms with E-state index in [-0.39, 0.29) is 11.8 Å². The summed E-state index contributed by atoms with van der Waals surface area (Å²) in [7, 11) is 0. The van der Waals surface area contributed by atoms with E-state index in [4.69, 9.17) is 11.5 Å². The van der Waals surface area contributed by atoms with Crippen LogP contribution in [0.4, 0.5) is 10.1 Å². The van der Waals surface area contributed by atoms with Crippen molar-refractivity contribution in [1.82, 2.24) is 0 Å². The maximum Gasteiger partial charge on any atom is 0.191 e. The maximum atomic E-state index is 12.8. The fourth-order valence-corrected chi connectivity index (χ4v) is 1.58. The summed E-state index contributed by atoms with van der Waals surface area (Å²) >= 11 is 0. The molecule has 0 radical (unpaired) electrons. The van der Waals surface area contributed by atoms with E-state index in [9.17, 15) is 4.39 Å². The van der Waals surface area contributed by atoms with E-state index in [0.29, 0.717) is 5.69 Å². The number of para-hydroxylation sites is 1. The van der Waals surface area contributed by atoms with Gasteiger partial charge in [0.2, 0.25) is 0 Å². The minimum Gasteiger partial charge on any atom is -0.370 e. The number of nitrogens with two attached hydrogens (primary N) is 2. The van der Waals surface area contributed by atoms with Crippen LogP contribution in [-0.2, 0) is 0 Å². The summed E-state index contributed by atoms with van der Waals surface area (Å²) in [6.07, 6.45) is 0. The summed E-state index contributed by atoms with van der Waals surface area (Å²) < 4.78 is 12.8. The number of benzene rings is 2. The smallest absolute Gasteiger partial charge is 0.191 e. The van der Waals surface area contributed by atoms with E-state index >= 15 is 0 Å². The van der Waals surface area contributed by atoms with Crippen LogP contribution in [0, 0.1) is 5.82 Å². The van der Waals surface area contributed by atoms with Crippen LogP contribution in [0.5, 0.6) is 0 Å². The molecule has 17 heavy (non-hydrogen) atoms. The van der Waals surface area contributed by atoms with Crippen molar-refractivity contribution in [1.29, 1.82) is 0 Å². The van der Waals surface area contributed by atoms with Crippen LogP contribution in [0.15, 0.2) is 53.5 Å². The molecule has 0 unspecified atom stereocenters. The largest absolute Gasteiger partial charge is 0.370 e. The Bertz CT molecular complexity index is 543. The molecule has 0 atom stereocenters. The van der Waals surface area contributed by atoms with Crippen LogP contribution < -0.4 is 11.5 Å². The van der Waals surface area contributed by atoms with Gasteiger partial charge < -0.3 is 11.5 Å². The molecule has 0 aliphatic rings. The average molecular weight is 229 g/mol. The van der Waals surface area contributed by atoms with Gasteiger partial charge in [-0.25, -0.2) is 9.38 Å². The van der Waals surface area contributed by atoms with Crippen LogP contribution in [-0.4, -0.2) is 5.96 Å². The van der Waals surface area contributed by atoms with Crippen molar-refractivity contribution in [2.45, 2.75) is 0 Å². The third-order valence-corrected chi connectivity index (χ3v) is 2.31. The van der Waals surface area contributed by atoms with Crippen LogP contribution in [0.1, 0.15) is 0 Å². The minimum atomic E-state index is -0.270. The summed E-state index contributed by atoms with van der Waals surface area (Å²) in [5.74, 6) is -0.271. The van der Waals surface area contributed by atoms with E-state index in [2.05, 4.69) is 4.99 Å². The summed E-state index contributed by atoms with van der Waals surface area (Å²) in [4.78, 5) is 4.04. The second kappa shape index (κ2) is 4.65. The fourth-order valence-electron chi connectivity index (χ4n) is 1.58. The molecule has 3 nitrogen and oxygen atoms in total. The molecule has 0 fully saturated rings. The van der Waals surface area contributed by atoms with Crippen LogP contribution in [0.3, 0.4) is 0 Å². The Balaban J connectivity index is 2.52. The van der Waals surface area contributed by atoms with Gasteiger partial charge in [0.05, 0.1) is 5.69 Å². The van der Waals surface area contributed by atoms with Crippen LogP contribution >= 0.6 is 0 Å². The SMILES string of the molecule is NC(N)=Nc1ccccc1-c1ccc(F)cc1. The molecule has 0 spiro atoms. The number of nitrogens with zero attached hydrogens (tertiary/aromatic N) is 1. The number of aliphatic imine (C=N–C) groups is 1. The molecule has 0 saturated heterocycles. The van der Waals surface area contributed by atoms with Crippen molar-refractivity contribution in [2.75, 3.05) is 0 Å². The van der Waals surface area contributed by atoms with Gasteiger partial charge in [-0.3, -0.25) is 0 Å². The maximum absolute atomic E-state index is 12.8. The highest BCUT2D eigenvalue weighted by Crippen LogP contribution is 2.29. The third-order valence-electron chi connectivity index (χ3n) is 2.31. The molecule has 2 rings (SSSR count). The first-order chi connectivity index (χ1) is 8.16. The van der Waals surface area contributed by atoms with Gasteiger partial charge in [0, 0.05) is 5.56 Å². The Morgan fingerprint density at radius 1 is 0.941 bits per heavy atom. The first-order valence-corrected chi connectivity index (χ1v) is 5.11. The Morgan fingerprint density at radius 3 is 2.24 bits per heavy atom. The molecule has 2 aromatic carbocycles. The van der Waals surface area contributed by atoms with Crippen LogP contribution in [0.25, 0.3) is 11.1 Å². The van der Waals surface area contributed by atoms with Crippen molar-refractivity contribution < 1.29 is 4.39 Å². The third kappa shape index (κ3) is 2.60. The fraction of sp³-hybridized carbons (Fsp3) is 0. The van der Waals surface area contributed by atoms with Gasteiger partial charge in [0.25, 0.3) is 0 Å². The lowest BCUT2D eigenvalue weighted by atomic mass is 10.0. The lowest BCUT2D eigenvalue weighted by Gasteiger charge is -2.05. The van der Waals surface area contributed by atoms with E-state index in [1.165, 1.54) is 12.1 Å². The van der Waals surface area contributed by atoms with E-state index < -0.39 is 0 Å². The molecule has 0 aliphatic carbocycles. The van der Waals surface area contributed by atoms with E-state index in [1.807, 2.05) is 18.2 Å². The molecule has 4 N–H and O–H groups in total. The molecule has 0 amide bonds. The summed E-state index contributed by atoms with van der Waals surface area (Å²) in [6, 6.07) is 13.6. The zero-order chi connectivity index (χ0) is 12.3. The van der Waals surface area contributed by atoms with E-state index in [0.717, 1.165) is 11.1 Å². The molecular weight excluding hydrogens is 217 g/mol. The summed E-state index contributed by atoms with van der Waals surface area (Å²) in [5, 5.41) is 0. The highest BCUT2D eigenvalue weighted by Gasteiger charge is 2.03. The second-order valence-corrected chi connectivity index (χ2v) is 3.56. The Labute approximate surface area is 98.6 Å². The van der Waals surface area contributed by atoms with Crippen molar-refractivity contribution in [2.24, 2.45) is 16.5 Å². The molecule has 4 heteroatoms. The first-order valence-electron chi connectivity index (χ1n) is 5.11. The predicted octanol–water partition coefficient (Wildman–Crippen LogP) is 2.40. The molecule has 0 bridgehead atoms. The number of halogens is 1. The van der Waals surface area contributed by atoms with Gasteiger partial charge in [0.15, 0.2) is 5.96 Å². The quantitative estimate of drug-likeness (QED) is 0.613. The molecule has 0 saturated carbocycles. The van der Waals surface area contributed by atoms with Crippen molar-refractivity contribution in [3.8, 4) is 11.1 Å². The van der Waals surface area contributed by atoms with Gasteiger partial charge in [-0.05, 0) is 23.8 Å². The number of hydrogen-bond donors (Lipinski definition) is 2. The zero-order valence-corrected chi connectivity index (χ0v) is 9.10. The molecular formula is C13H12FN3. The second-order valence-electron chi connectivity index (χ2n) is 3.56. The Kier molecular flexibility index (Phi) is 3.05. The molecule has 0 aliphatic heterocycles. The van der Waals surface area contributed by atoms with Gasteiger partial charge in [-0.2, -0.15) is 0 Å². The molecule has 2 aromatic rings. The zero-order valence-electron chi connectivity index (χ0n) is 9.10. The highest BCUT2D eigenvalue weighted by atomic mass is 19.1. The van der Waals surface area contributed by atoms with Gasteiger partial charge >= 0.3 is 0 Å². The number of guanidine groups is 1.